The Labute approximate surface area is 192 Å². The number of hydrogen-bond donors (Lipinski definition) is 2. The Balaban J connectivity index is 2.06. The number of amides is 2. The zero-order valence-electron chi connectivity index (χ0n) is 19.6. The minimum absolute atomic E-state index is 0.0906. The molecule has 2 aliphatic rings. The van der Waals surface area contributed by atoms with Crippen molar-refractivity contribution in [3.63, 3.8) is 0 Å². The summed E-state index contributed by atoms with van der Waals surface area (Å²) in [5.74, 6) is 0.181. The predicted octanol–water partition coefficient (Wildman–Crippen LogP) is 6.61. The molecule has 0 aromatic rings. The molecule has 0 bridgehead atoms. The van der Waals surface area contributed by atoms with Crippen LogP contribution in [0.25, 0.3) is 0 Å². The molecule has 4 nitrogen and oxygen atoms in total. The van der Waals surface area contributed by atoms with E-state index in [0.29, 0.717) is 12.8 Å². The zero-order valence-corrected chi connectivity index (χ0v) is 21.0. The van der Waals surface area contributed by atoms with E-state index >= 15 is 0 Å². The molecule has 0 heterocycles. The molecule has 2 amide bonds. The third-order valence-corrected chi connectivity index (χ3v) is 11.5. The maximum absolute atomic E-state index is 13.0. The van der Waals surface area contributed by atoms with Crippen LogP contribution in [0.15, 0.2) is 45.0 Å². The van der Waals surface area contributed by atoms with Gasteiger partial charge in [0.1, 0.15) is 0 Å². The summed E-state index contributed by atoms with van der Waals surface area (Å²) >= 11 is -3.26. The van der Waals surface area contributed by atoms with E-state index in [1.165, 1.54) is 47.1 Å². The van der Waals surface area contributed by atoms with Crippen LogP contribution in [0.1, 0.15) is 104 Å². The second-order valence-corrected chi connectivity index (χ2v) is 13.2. The Morgan fingerprint density at radius 1 is 0.710 bits per heavy atom. The van der Waals surface area contributed by atoms with Crippen LogP contribution in [-0.2, 0) is 24.1 Å². The molecule has 0 radical (unpaired) electrons. The predicted molar refractivity (Wildman–Crippen MR) is 127 cm³/mol. The van der Waals surface area contributed by atoms with Crippen LogP contribution in [0.3, 0.4) is 0 Å². The topological polar surface area (TPSA) is 58.2 Å². The average Bonchev–Trinajstić information content (AvgIpc) is 3.47. The van der Waals surface area contributed by atoms with Crippen molar-refractivity contribution in [3.05, 3.63) is 45.0 Å². The molecule has 5 heteroatoms. The van der Waals surface area contributed by atoms with E-state index in [4.69, 9.17) is 0 Å². The monoisotopic (exact) mass is 465 g/mol. The summed E-state index contributed by atoms with van der Waals surface area (Å²) in [5.41, 5.74) is 0. The molecule has 0 aliphatic heterocycles. The number of carbonyl (C=O) groups excluding carboxylic acids is 2. The summed E-state index contributed by atoms with van der Waals surface area (Å²) < 4.78 is 9.29. The van der Waals surface area contributed by atoms with Crippen molar-refractivity contribution in [1.29, 1.82) is 0 Å². The second-order valence-electron chi connectivity index (χ2n) is 8.65. The van der Waals surface area contributed by atoms with Gasteiger partial charge in [0, 0.05) is 0 Å². The molecule has 31 heavy (non-hydrogen) atoms. The Bertz CT molecular complexity index is 646. The summed E-state index contributed by atoms with van der Waals surface area (Å²) in [5, 5.41) is 0. The normalized spacial score (nSPS) is 15.2. The molecule has 0 saturated carbocycles. The van der Waals surface area contributed by atoms with Crippen molar-refractivity contribution in [2.24, 2.45) is 0 Å². The van der Waals surface area contributed by atoms with Crippen molar-refractivity contribution in [3.8, 4) is 0 Å². The Hall–Kier alpha value is -1.52. The summed E-state index contributed by atoms with van der Waals surface area (Å²) in [6.07, 6.45) is 26.6. The summed E-state index contributed by atoms with van der Waals surface area (Å²) in [4.78, 5) is 26.0. The molecule has 0 atom stereocenters. The first-order chi connectivity index (χ1) is 15.1. The number of carbonyl (C=O) groups is 2. The third-order valence-electron chi connectivity index (χ3n) is 5.96. The van der Waals surface area contributed by atoms with E-state index in [1.54, 1.807) is 0 Å². The number of nitrogens with one attached hydrogen (secondary N) is 2. The van der Waals surface area contributed by atoms with Crippen LogP contribution in [0.4, 0.5) is 0 Å². The van der Waals surface area contributed by atoms with E-state index < -0.39 is 14.5 Å². The average molecular weight is 466 g/mol. The third kappa shape index (κ3) is 8.50. The molecule has 0 aromatic heterocycles. The van der Waals surface area contributed by atoms with Crippen molar-refractivity contribution >= 4 is 11.8 Å². The van der Waals surface area contributed by atoms with Gasteiger partial charge in [0.05, 0.1) is 0 Å². The quantitative estimate of drug-likeness (QED) is 0.252. The molecule has 0 unspecified atom stereocenters. The summed E-state index contributed by atoms with van der Waals surface area (Å²) in [6, 6.07) is 0. The summed E-state index contributed by atoms with van der Waals surface area (Å²) in [7, 11) is 0. The molecular weight excluding hydrogens is 423 g/mol. The SMILES string of the molecule is CCCCCCCC(=O)[NH][V]([NH]C(=O)CCCCCCC)([C]1=CC=CC1)[C]1=CC=CC1. The van der Waals surface area contributed by atoms with Crippen LogP contribution in [0.2, 0.25) is 0 Å². The van der Waals surface area contributed by atoms with Crippen LogP contribution in [0, 0.1) is 0 Å². The number of rotatable bonds is 16. The fourth-order valence-corrected chi connectivity index (χ4v) is 9.36. The zero-order chi connectivity index (χ0) is 22.4. The molecular formula is C26H42N2O2V. The van der Waals surface area contributed by atoms with Gasteiger partial charge in [-0.05, 0) is 0 Å². The van der Waals surface area contributed by atoms with Crippen molar-refractivity contribution < 1.29 is 24.1 Å². The molecule has 0 saturated heterocycles. The van der Waals surface area contributed by atoms with Gasteiger partial charge in [0.15, 0.2) is 0 Å². The van der Waals surface area contributed by atoms with Crippen molar-refractivity contribution in [2.75, 3.05) is 0 Å². The Morgan fingerprint density at radius 2 is 1.13 bits per heavy atom. The first-order valence-corrected chi connectivity index (χ1v) is 15.2. The fraction of sp³-hybridized carbons (Fsp3) is 0.615. The van der Waals surface area contributed by atoms with Gasteiger partial charge in [0.2, 0.25) is 0 Å². The Kier molecular flexibility index (Phi) is 12.1. The van der Waals surface area contributed by atoms with Crippen LogP contribution in [0.5, 0.6) is 0 Å². The molecule has 173 valence electrons. The molecule has 0 spiro atoms. The molecule has 0 fully saturated rings. The molecule has 2 N–H and O–H groups in total. The number of unbranched alkanes of at least 4 members (excludes halogenated alkanes) is 8. The van der Waals surface area contributed by atoms with Gasteiger partial charge in [0.25, 0.3) is 0 Å². The second kappa shape index (κ2) is 14.5. The molecule has 2 rings (SSSR count). The van der Waals surface area contributed by atoms with Gasteiger partial charge >= 0.3 is 193 Å². The van der Waals surface area contributed by atoms with Crippen LogP contribution < -0.4 is 8.33 Å². The van der Waals surface area contributed by atoms with E-state index in [2.05, 4.69) is 58.6 Å². The minimum atomic E-state index is -3.26. The van der Waals surface area contributed by atoms with Gasteiger partial charge in [-0.1, -0.05) is 0 Å². The number of hydrogen-bond acceptors (Lipinski definition) is 2. The number of allylic oxidation sites excluding steroid dienone is 8. The van der Waals surface area contributed by atoms with Gasteiger partial charge in [-0.2, -0.15) is 0 Å². The van der Waals surface area contributed by atoms with Gasteiger partial charge in [-0.3, -0.25) is 0 Å². The first-order valence-electron chi connectivity index (χ1n) is 12.4. The van der Waals surface area contributed by atoms with Crippen LogP contribution in [-0.4, -0.2) is 11.8 Å². The van der Waals surface area contributed by atoms with E-state index in [-0.39, 0.29) is 11.8 Å². The van der Waals surface area contributed by atoms with Gasteiger partial charge in [-0.15, -0.1) is 0 Å². The molecule has 0 aromatic carbocycles. The Morgan fingerprint density at radius 3 is 1.48 bits per heavy atom. The standard InChI is InChI=1S/2C8H17NO.2C5H5.V/c2*1-2-3-4-5-6-7-8(9)10;2*1-2-4-5-3-1;/h2*2-7H2,1H3,(H2,9,10);2*1-3H,4H2;/q;;;;+2/p-2. The van der Waals surface area contributed by atoms with Gasteiger partial charge in [-0.25, -0.2) is 0 Å². The van der Waals surface area contributed by atoms with Crippen molar-refractivity contribution in [2.45, 2.75) is 104 Å². The first kappa shape index (κ1) is 25.7. The van der Waals surface area contributed by atoms with Gasteiger partial charge < -0.3 is 0 Å². The maximum atomic E-state index is 13.0. The summed E-state index contributed by atoms with van der Waals surface area (Å²) in [6.45, 7) is 4.40. The van der Waals surface area contributed by atoms with E-state index in [1.807, 2.05) is 0 Å². The van der Waals surface area contributed by atoms with Crippen LogP contribution >= 0.6 is 0 Å². The van der Waals surface area contributed by atoms with Crippen molar-refractivity contribution in [1.82, 2.24) is 8.33 Å². The molecule has 2 aliphatic carbocycles. The van der Waals surface area contributed by atoms with E-state index in [9.17, 15) is 9.59 Å². The van der Waals surface area contributed by atoms with E-state index in [0.717, 1.165) is 38.5 Å². The fourth-order valence-electron chi connectivity index (χ4n) is 4.13.